The molecule has 3 rings (SSSR count). The highest BCUT2D eigenvalue weighted by Gasteiger charge is 2.23. The summed E-state index contributed by atoms with van der Waals surface area (Å²) in [6.45, 7) is 15.0. The third-order valence-corrected chi connectivity index (χ3v) is 6.79. The first-order valence-electron chi connectivity index (χ1n) is 11.9. The van der Waals surface area contributed by atoms with Crippen LogP contribution in [0.4, 0.5) is 0 Å². The second-order valence-corrected chi connectivity index (χ2v) is 9.00. The van der Waals surface area contributed by atoms with Crippen molar-refractivity contribution in [1.82, 2.24) is 35.2 Å². The smallest absolute Gasteiger partial charge is 0.191 e. The average Bonchev–Trinajstić information content (AvgIpc) is 3.34. The molecule has 3 heterocycles. The highest BCUT2D eigenvalue weighted by molar-refractivity contribution is 5.79. The number of likely N-dealkylation sites (N-methyl/N-ethyl adjacent to an activating group) is 1. The number of aromatic nitrogens is 3. The van der Waals surface area contributed by atoms with Crippen LogP contribution in [0.2, 0.25) is 0 Å². The van der Waals surface area contributed by atoms with Gasteiger partial charge in [0.2, 0.25) is 0 Å². The number of hydrogen-bond donors (Lipinski definition) is 2. The van der Waals surface area contributed by atoms with Crippen LogP contribution in [-0.2, 0) is 13.6 Å². The second kappa shape index (κ2) is 11.6. The Morgan fingerprint density at radius 2 is 1.93 bits per heavy atom. The lowest BCUT2D eigenvalue weighted by Crippen LogP contribution is -2.45. The molecule has 0 radical (unpaired) electrons. The predicted molar refractivity (Wildman–Crippen MR) is 123 cm³/mol. The van der Waals surface area contributed by atoms with Gasteiger partial charge in [0.05, 0.1) is 0 Å². The molecule has 2 fully saturated rings. The molecule has 170 valence electrons. The van der Waals surface area contributed by atoms with Crippen LogP contribution in [0.5, 0.6) is 0 Å². The quantitative estimate of drug-likeness (QED) is 0.362. The molecule has 1 atom stereocenters. The first kappa shape index (κ1) is 23.0. The van der Waals surface area contributed by atoms with E-state index in [1.807, 2.05) is 18.5 Å². The lowest BCUT2D eigenvalue weighted by Gasteiger charge is -2.30. The third kappa shape index (κ3) is 6.67. The van der Waals surface area contributed by atoms with Gasteiger partial charge in [-0.3, -0.25) is 4.90 Å². The number of rotatable bonds is 9. The summed E-state index contributed by atoms with van der Waals surface area (Å²) in [4.78, 5) is 9.98. The molecule has 0 aromatic carbocycles. The molecule has 1 unspecified atom stereocenters. The van der Waals surface area contributed by atoms with Crippen molar-refractivity contribution in [3.05, 3.63) is 11.6 Å². The maximum atomic E-state index is 4.81. The maximum absolute atomic E-state index is 4.81. The molecule has 0 bridgehead atoms. The standard InChI is InChI=1S/C22H42N8/c1-5-30-13-6-8-20(30)16-24-22(25-17-21-27-26-19(3)28(21)4)23-11-7-12-29-14-9-18(2)10-15-29/h18,20H,5-17H2,1-4H3,(H2,23,24,25). The molecule has 8 heteroatoms. The van der Waals surface area contributed by atoms with E-state index in [-0.39, 0.29) is 0 Å². The number of nitrogens with one attached hydrogen (secondary N) is 2. The van der Waals surface area contributed by atoms with E-state index < -0.39 is 0 Å². The van der Waals surface area contributed by atoms with Gasteiger partial charge < -0.3 is 20.1 Å². The van der Waals surface area contributed by atoms with Gasteiger partial charge in [0.1, 0.15) is 12.4 Å². The molecule has 8 nitrogen and oxygen atoms in total. The van der Waals surface area contributed by atoms with E-state index in [1.54, 1.807) is 0 Å². The van der Waals surface area contributed by atoms with E-state index in [9.17, 15) is 0 Å². The fourth-order valence-electron chi connectivity index (χ4n) is 4.47. The Morgan fingerprint density at radius 3 is 2.63 bits per heavy atom. The Labute approximate surface area is 182 Å². The molecular formula is C22H42N8. The molecule has 0 aliphatic carbocycles. The van der Waals surface area contributed by atoms with Gasteiger partial charge in [-0.15, -0.1) is 10.2 Å². The number of hydrogen-bond acceptors (Lipinski definition) is 5. The number of guanidine groups is 1. The molecule has 2 aliphatic rings. The molecule has 2 saturated heterocycles. The van der Waals surface area contributed by atoms with Crippen molar-refractivity contribution in [2.75, 3.05) is 45.8 Å². The van der Waals surface area contributed by atoms with Gasteiger partial charge in [0.25, 0.3) is 0 Å². The summed E-state index contributed by atoms with van der Waals surface area (Å²) in [5.74, 6) is 3.60. The Hall–Kier alpha value is -1.67. The SMILES string of the molecule is CCN1CCCC1CNC(=NCc1nnc(C)n1C)NCCCN1CCC(C)CC1. The molecule has 2 N–H and O–H groups in total. The van der Waals surface area contributed by atoms with Crippen molar-refractivity contribution < 1.29 is 0 Å². The number of aliphatic imine (C=N–C) groups is 1. The van der Waals surface area contributed by atoms with Gasteiger partial charge >= 0.3 is 0 Å². The highest BCUT2D eigenvalue weighted by Crippen LogP contribution is 2.16. The molecule has 0 spiro atoms. The van der Waals surface area contributed by atoms with E-state index in [0.29, 0.717) is 12.6 Å². The average molecular weight is 419 g/mol. The van der Waals surface area contributed by atoms with E-state index in [4.69, 9.17) is 4.99 Å². The summed E-state index contributed by atoms with van der Waals surface area (Å²) in [6, 6.07) is 0.606. The lowest BCUT2D eigenvalue weighted by molar-refractivity contribution is 0.191. The zero-order valence-corrected chi connectivity index (χ0v) is 19.5. The van der Waals surface area contributed by atoms with Gasteiger partial charge in [-0.05, 0) is 77.7 Å². The predicted octanol–water partition coefficient (Wildman–Crippen LogP) is 1.77. The minimum absolute atomic E-state index is 0.541. The van der Waals surface area contributed by atoms with E-state index in [0.717, 1.165) is 49.6 Å². The fraction of sp³-hybridized carbons (Fsp3) is 0.864. The van der Waals surface area contributed by atoms with Gasteiger partial charge in [0, 0.05) is 26.2 Å². The van der Waals surface area contributed by atoms with Crippen molar-refractivity contribution in [3.63, 3.8) is 0 Å². The van der Waals surface area contributed by atoms with Crippen LogP contribution in [0.15, 0.2) is 4.99 Å². The molecule has 1 aromatic heterocycles. The van der Waals surface area contributed by atoms with Crippen LogP contribution < -0.4 is 10.6 Å². The third-order valence-electron chi connectivity index (χ3n) is 6.79. The molecular weight excluding hydrogens is 376 g/mol. The van der Waals surface area contributed by atoms with Gasteiger partial charge in [-0.2, -0.15) is 0 Å². The highest BCUT2D eigenvalue weighted by atomic mass is 15.3. The summed E-state index contributed by atoms with van der Waals surface area (Å²) in [5, 5.41) is 15.5. The minimum Gasteiger partial charge on any atom is -0.356 e. The van der Waals surface area contributed by atoms with Crippen LogP contribution in [0, 0.1) is 12.8 Å². The van der Waals surface area contributed by atoms with Gasteiger partial charge in [-0.1, -0.05) is 13.8 Å². The summed E-state index contributed by atoms with van der Waals surface area (Å²) in [5.41, 5.74) is 0. The van der Waals surface area contributed by atoms with Crippen molar-refractivity contribution in [3.8, 4) is 0 Å². The van der Waals surface area contributed by atoms with Crippen molar-refractivity contribution in [2.45, 2.75) is 65.5 Å². The van der Waals surface area contributed by atoms with Crippen molar-refractivity contribution in [2.24, 2.45) is 18.0 Å². The number of aryl methyl sites for hydroxylation is 1. The van der Waals surface area contributed by atoms with E-state index >= 15 is 0 Å². The number of nitrogens with zero attached hydrogens (tertiary/aromatic N) is 6. The Morgan fingerprint density at radius 1 is 1.13 bits per heavy atom. The van der Waals surface area contributed by atoms with E-state index in [2.05, 4.69) is 44.5 Å². The van der Waals surface area contributed by atoms with Gasteiger partial charge in [0.15, 0.2) is 11.8 Å². The normalized spacial score (nSPS) is 22.0. The Balaban J connectivity index is 1.49. The van der Waals surface area contributed by atoms with Crippen molar-refractivity contribution >= 4 is 5.96 Å². The summed E-state index contributed by atoms with van der Waals surface area (Å²) in [6.07, 6.45) is 6.39. The van der Waals surface area contributed by atoms with Crippen LogP contribution in [0.25, 0.3) is 0 Å². The molecule has 0 amide bonds. The van der Waals surface area contributed by atoms with Crippen LogP contribution >= 0.6 is 0 Å². The van der Waals surface area contributed by atoms with Crippen molar-refractivity contribution in [1.29, 1.82) is 0 Å². The molecule has 0 saturated carbocycles. The van der Waals surface area contributed by atoms with Crippen LogP contribution in [0.3, 0.4) is 0 Å². The Bertz CT molecular complexity index is 662. The first-order chi connectivity index (χ1) is 14.6. The molecule has 30 heavy (non-hydrogen) atoms. The zero-order valence-electron chi connectivity index (χ0n) is 19.5. The number of piperidine rings is 1. The lowest BCUT2D eigenvalue weighted by atomic mass is 9.99. The summed E-state index contributed by atoms with van der Waals surface area (Å²) >= 11 is 0. The monoisotopic (exact) mass is 418 g/mol. The molecule has 2 aliphatic heterocycles. The largest absolute Gasteiger partial charge is 0.356 e. The molecule has 1 aromatic rings. The van der Waals surface area contributed by atoms with Gasteiger partial charge in [-0.25, -0.2) is 4.99 Å². The van der Waals surface area contributed by atoms with Crippen LogP contribution in [0.1, 0.15) is 57.6 Å². The fourth-order valence-corrected chi connectivity index (χ4v) is 4.47. The maximum Gasteiger partial charge on any atom is 0.191 e. The minimum atomic E-state index is 0.541. The Kier molecular flexibility index (Phi) is 8.93. The topological polar surface area (TPSA) is 73.6 Å². The second-order valence-electron chi connectivity index (χ2n) is 9.00. The first-order valence-corrected chi connectivity index (χ1v) is 11.9. The number of likely N-dealkylation sites (tertiary alicyclic amines) is 2. The summed E-state index contributed by atoms with van der Waals surface area (Å²) < 4.78 is 2.01. The summed E-state index contributed by atoms with van der Waals surface area (Å²) in [7, 11) is 2.00. The van der Waals surface area contributed by atoms with E-state index in [1.165, 1.54) is 51.9 Å². The van der Waals surface area contributed by atoms with Crippen LogP contribution in [-0.4, -0.2) is 82.4 Å². The zero-order chi connectivity index (χ0) is 21.3.